The molecule has 2 aromatic carbocycles. The predicted octanol–water partition coefficient (Wildman–Crippen LogP) is 4.20. The van der Waals surface area contributed by atoms with Crippen LogP contribution in [0.4, 0.5) is 16.6 Å². The Labute approximate surface area is 242 Å². The minimum absolute atomic E-state index is 0. The molecule has 0 atom stereocenters. The van der Waals surface area contributed by atoms with E-state index in [4.69, 9.17) is 30.8 Å². The fourth-order valence-electron chi connectivity index (χ4n) is 4.25. The van der Waals surface area contributed by atoms with E-state index in [9.17, 15) is 9.59 Å². The van der Waals surface area contributed by atoms with E-state index in [1.165, 1.54) is 20.4 Å². The largest absolute Gasteiger partial charge is 0.511 e. The van der Waals surface area contributed by atoms with Gasteiger partial charge in [-0.2, -0.15) is 4.98 Å². The van der Waals surface area contributed by atoms with Gasteiger partial charge >= 0.3 is 6.16 Å². The minimum Gasteiger partial charge on any atom is -0.493 e. The first-order chi connectivity index (χ1) is 18.9. The Morgan fingerprint density at radius 2 is 1.80 bits per heavy atom. The van der Waals surface area contributed by atoms with Crippen molar-refractivity contribution in [3.63, 3.8) is 0 Å². The number of nitrogens with two attached hydrogens (primary N) is 2. The number of nitrogens with zero attached hydrogens (tertiary/aromatic N) is 3. The molecule has 0 saturated heterocycles. The Kier molecular flexibility index (Phi) is 9.00. The molecule has 0 spiro atoms. The van der Waals surface area contributed by atoms with Crippen molar-refractivity contribution in [2.75, 3.05) is 25.7 Å². The van der Waals surface area contributed by atoms with Gasteiger partial charge in [-0.25, -0.2) is 9.78 Å². The third kappa shape index (κ3) is 6.62. The number of pyridine rings is 1. The van der Waals surface area contributed by atoms with E-state index in [1.807, 2.05) is 32.9 Å². The summed E-state index contributed by atoms with van der Waals surface area (Å²) in [5, 5.41) is 9.37. The van der Waals surface area contributed by atoms with Gasteiger partial charge in [-0.15, -0.1) is 12.4 Å². The number of anilines is 2. The SMILES string of the molecule is COc1cc(Cc2cnc(N)nc2N)cc(C#Cc2ccc3c(=O)c(OC(=O)O)cn(C(C)(C)C)c3c2)c1OC.Cl. The Hall–Kier alpha value is -4.95. The lowest BCUT2D eigenvalue weighted by Crippen LogP contribution is -2.26. The standard InChI is InChI=1S/C29H29N5O6.ClH/c1-29(2,3)34-15-23(40-28(36)37)24(35)20-9-7-16(12-21(20)34)6-8-18-10-17(13-22(38-4)25(18)39-5)11-19-14-32-27(31)33-26(19)30;/h7,9-10,12-15H,11H2,1-5H3,(H,36,37)(H4,30,31,32,33);1H. The molecular weight excluding hydrogens is 550 g/mol. The summed E-state index contributed by atoms with van der Waals surface area (Å²) < 4.78 is 17.7. The monoisotopic (exact) mass is 579 g/mol. The van der Waals surface area contributed by atoms with Crippen LogP contribution in [0, 0.1) is 11.8 Å². The molecule has 0 bridgehead atoms. The average molecular weight is 580 g/mol. The van der Waals surface area contributed by atoms with Crippen molar-refractivity contribution >= 4 is 41.2 Å². The second kappa shape index (κ2) is 12.1. The van der Waals surface area contributed by atoms with Crippen molar-refractivity contribution in [2.24, 2.45) is 0 Å². The summed E-state index contributed by atoms with van der Waals surface area (Å²) in [7, 11) is 3.07. The molecule has 41 heavy (non-hydrogen) atoms. The lowest BCUT2D eigenvalue weighted by Gasteiger charge is -2.26. The van der Waals surface area contributed by atoms with E-state index in [-0.39, 0.29) is 29.9 Å². The van der Waals surface area contributed by atoms with Crippen LogP contribution in [0.15, 0.2) is 47.5 Å². The number of methoxy groups -OCH3 is 2. The van der Waals surface area contributed by atoms with Gasteiger partial charge in [0.05, 0.1) is 31.5 Å². The maximum absolute atomic E-state index is 12.9. The van der Waals surface area contributed by atoms with Crippen LogP contribution in [0.1, 0.15) is 43.0 Å². The highest BCUT2D eigenvalue weighted by Gasteiger charge is 2.20. The van der Waals surface area contributed by atoms with Crippen LogP contribution >= 0.6 is 12.4 Å². The first-order valence-corrected chi connectivity index (χ1v) is 12.2. The molecule has 0 amide bonds. The second-order valence-corrected chi connectivity index (χ2v) is 9.91. The third-order valence-corrected chi connectivity index (χ3v) is 6.08. The number of rotatable bonds is 5. The number of carboxylic acid groups (broad SMARTS) is 1. The highest BCUT2D eigenvalue weighted by atomic mass is 35.5. The number of benzene rings is 2. The van der Waals surface area contributed by atoms with E-state index in [2.05, 4.69) is 21.8 Å². The van der Waals surface area contributed by atoms with E-state index in [0.717, 1.165) is 5.56 Å². The molecule has 4 rings (SSSR count). The fraction of sp³-hybridized carbons (Fsp3) is 0.241. The molecule has 0 radical (unpaired) electrons. The van der Waals surface area contributed by atoms with Gasteiger partial charge in [0, 0.05) is 34.7 Å². The zero-order valence-corrected chi connectivity index (χ0v) is 24.0. The summed E-state index contributed by atoms with van der Waals surface area (Å²) in [6, 6.07) is 8.77. The van der Waals surface area contributed by atoms with Gasteiger partial charge in [-0.1, -0.05) is 11.8 Å². The normalized spacial score (nSPS) is 10.8. The highest BCUT2D eigenvalue weighted by molar-refractivity contribution is 5.85. The minimum atomic E-state index is -1.56. The average Bonchev–Trinajstić information content (AvgIpc) is 2.89. The smallest absolute Gasteiger partial charge is 0.493 e. The molecule has 0 aliphatic carbocycles. The topological polar surface area (TPSA) is 165 Å². The molecule has 4 aromatic rings. The maximum atomic E-state index is 12.9. The van der Waals surface area contributed by atoms with Gasteiger partial charge in [0.2, 0.25) is 11.4 Å². The van der Waals surface area contributed by atoms with E-state index in [1.54, 1.807) is 29.0 Å². The molecule has 0 aliphatic heterocycles. The van der Waals surface area contributed by atoms with Crippen molar-refractivity contribution < 1.29 is 24.1 Å². The summed E-state index contributed by atoms with van der Waals surface area (Å²) in [4.78, 5) is 32.1. The van der Waals surface area contributed by atoms with Gasteiger partial charge < -0.3 is 35.4 Å². The molecule has 5 N–H and O–H groups in total. The van der Waals surface area contributed by atoms with Crippen LogP contribution in [0.2, 0.25) is 0 Å². The van der Waals surface area contributed by atoms with Crippen molar-refractivity contribution in [3.8, 4) is 29.1 Å². The van der Waals surface area contributed by atoms with Gasteiger partial charge in [-0.05, 0) is 56.7 Å². The summed E-state index contributed by atoms with van der Waals surface area (Å²) in [5.74, 6) is 7.36. The van der Waals surface area contributed by atoms with Crippen LogP contribution < -0.4 is 31.1 Å². The van der Waals surface area contributed by atoms with Crippen LogP contribution in [0.3, 0.4) is 0 Å². The molecule has 0 saturated carbocycles. The summed E-state index contributed by atoms with van der Waals surface area (Å²) >= 11 is 0. The van der Waals surface area contributed by atoms with Gasteiger partial charge in [0.1, 0.15) is 5.82 Å². The highest BCUT2D eigenvalue weighted by Crippen LogP contribution is 2.33. The van der Waals surface area contributed by atoms with Crippen LogP contribution in [-0.4, -0.2) is 40.0 Å². The first-order valence-electron chi connectivity index (χ1n) is 12.2. The molecule has 0 unspecified atom stereocenters. The zero-order chi connectivity index (χ0) is 29.2. The quantitative estimate of drug-likeness (QED) is 0.230. The van der Waals surface area contributed by atoms with Crippen LogP contribution in [-0.2, 0) is 12.0 Å². The number of hydrogen-bond acceptors (Lipinski definition) is 9. The number of ether oxygens (including phenoxy) is 3. The van der Waals surface area contributed by atoms with Gasteiger partial charge in [-0.3, -0.25) is 4.79 Å². The lowest BCUT2D eigenvalue weighted by molar-refractivity contribution is 0.143. The lowest BCUT2D eigenvalue weighted by atomic mass is 10.0. The first kappa shape index (κ1) is 30.6. The number of nitrogen functional groups attached to an aromatic ring is 2. The van der Waals surface area contributed by atoms with Crippen LogP contribution in [0.5, 0.6) is 17.2 Å². The number of fused-ring (bicyclic) bond motifs is 1. The summed E-state index contributed by atoms with van der Waals surface area (Å²) in [6.07, 6.45) is 1.84. The predicted molar refractivity (Wildman–Crippen MR) is 158 cm³/mol. The van der Waals surface area contributed by atoms with Crippen LogP contribution in [0.25, 0.3) is 10.9 Å². The van der Waals surface area contributed by atoms with E-state index >= 15 is 0 Å². The maximum Gasteiger partial charge on any atom is 0.511 e. The molecule has 0 aliphatic rings. The molecule has 12 heteroatoms. The van der Waals surface area contributed by atoms with E-state index in [0.29, 0.717) is 45.5 Å². The number of hydrogen-bond donors (Lipinski definition) is 3. The zero-order valence-electron chi connectivity index (χ0n) is 23.1. The molecule has 2 heterocycles. The molecule has 0 fully saturated rings. The summed E-state index contributed by atoms with van der Waals surface area (Å²) in [5.41, 5.74) is 13.9. The van der Waals surface area contributed by atoms with Crippen molar-refractivity contribution in [1.29, 1.82) is 0 Å². The molecule has 11 nitrogen and oxygen atoms in total. The van der Waals surface area contributed by atoms with Gasteiger partial charge in [0.25, 0.3) is 0 Å². The molecular formula is C29H30ClN5O6. The Balaban J connectivity index is 0.00000462. The number of aromatic nitrogens is 3. The fourth-order valence-corrected chi connectivity index (χ4v) is 4.25. The Bertz CT molecular complexity index is 1750. The number of halogens is 1. The Morgan fingerprint density at radius 1 is 1.07 bits per heavy atom. The molecule has 214 valence electrons. The molecule has 2 aromatic heterocycles. The van der Waals surface area contributed by atoms with Gasteiger partial charge in [0.15, 0.2) is 17.2 Å². The second-order valence-electron chi connectivity index (χ2n) is 9.91. The third-order valence-electron chi connectivity index (χ3n) is 6.08. The van der Waals surface area contributed by atoms with Crippen molar-refractivity contribution in [3.05, 3.63) is 75.2 Å². The van der Waals surface area contributed by atoms with Crippen molar-refractivity contribution in [1.82, 2.24) is 14.5 Å². The Morgan fingerprint density at radius 3 is 2.41 bits per heavy atom. The van der Waals surface area contributed by atoms with Crippen molar-refractivity contribution in [2.45, 2.75) is 32.7 Å². The summed E-state index contributed by atoms with van der Waals surface area (Å²) in [6.45, 7) is 5.80. The van der Waals surface area contributed by atoms with E-state index < -0.39 is 17.1 Å². The number of carbonyl (C=O) groups is 1.